The molecule has 0 fully saturated rings. The van der Waals surface area contributed by atoms with E-state index in [9.17, 15) is 4.79 Å². The summed E-state index contributed by atoms with van der Waals surface area (Å²) >= 11 is 0. The summed E-state index contributed by atoms with van der Waals surface area (Å²) in [5, 5.41) is 1.08. The van der Waals surface area contributed by atoms with Gasteiger partial charge < -0.3 is 9.13 Å². The number of aryl methyl sites for hydroxylation is 1. The Morgan fingerprint density at radius 1 is 1.26 bits per heavy atom. The fourth-order valence-corrected chi connectivity index (χ4v) is 2.60. The van der Waals surface area contributed by atoms with Crippen molar-refractivity contribution in [3.63, 3.8) is 0 Å². The Labute approximate surface area is 111 Å². The van der Waals surface area contributed by atoms with Crippen LogP contribution in [0.25, 0.3) is 21.9 Å². The van der Waals surface area contributed by atoms with Gasteiger partial charge in [-0.05, 0) is 12.0 Å². The summed E-state index contributed by atoms with van der Waals surface area (Å²) in [6, 6.07) is 8.03. The second-order valence-corrected chi connectivity index (χ2v) is 5.38. The highest BCUT2D eigenvalue weighted by atomic mass is 16.1. The number of pyridine rings is 1. The Morgan fingerprint density at radius 2 is 2.00 bits per heavy atom. The smallest absolute Gasteiger partial charge is 0.279 e. The largest absolute Gasteiger partial charge is 0.333 e. The van der Waals surface area contributed by atoms with Crippen molar-refractivity contribution in [1.29, 1.82) is 0 Å². The summed E-state index contributed by atoms with van der Waals surface area (Å²) in [5.41, 5.74) is 2.46. The summed E-state index contributed by atoms with van der Waals surface area (Å²) < 4.78 is 3.76. The molecule has 0 amide bonds. The fourth-order valence-electron chi connectivity index (χ4n) is 2.60. The van der Waals surface area contributed by atoms with Crippen molar-refractivity contribution in [3.8, 4) is 0 Å². The van der Waals surface area contributed by atoms with Crippen LogP contribution in [0.5, 0.6) is 0 Å². The van der Waals surface area contributed by atoms with Crippen LogP contribution in [0.2, 0.25) is 0 Å². The molecule has 0 N–H and O–H groups in total. The number of aromatic nitrogens is 3. The molecular weight excluding hydrogens is 238 g/mol. The second kappa shape index (κ2) is 4.23. The molecule has 0 aliphatic carbocycles. The van der Waals surface area contributed by atoms with E-state index in [1.807, 2.05) is 34.4 Å². The molecule has 0 radical (unpaired) electrons. The van der Waals surface area contributed by atoms with Crippen LogP contribution in [0.4, 0.5) is 0 Å². The molecule has 4 heteroatoms. The SMILES string of the molecule is CC(C)Cn1c(=O)c2ncn(C)c2c2ccccc21. The molecule has 0 aliphatic heterocycles. The van der Waals surface area contributed by atoms with E-state index in [0.29, 0.717) is 18.0 Å². The van der Waals surface area contributed by atoms with Crippen molar-refractivity contribution in [2.75, 3.05) is 0 Å². The van der Waals surface area contributed by atoms with Crippen LogP contribution in [-0.4, -0.2) is 14.1 Å². The molecule has 0 saturated heterocycles. The quantitative estimate of drug-likeness (QED) is 0.706. The Hall–Kier alpha value is -2.10. The minimum atomic E-state index is 0.00278. The monoisotopic (exact) mass is 255 g/mol. The van der Waals surface area contributed by atoms with Gasteiger partial charge in [-0.25, -0.2) is 4.98 Å². The van der Waals surface area contributed by atoms with E-state index in [4.69, 9.17) is 0 Å². The van der Waals surface area contributed by atoms with Crippen LogP contribution in [0, 0.1) is 5.92 Å². The topological polar surface area (TPSA) is 39.8 Å². The summed E-state index contributed by atoms with van der Waals surface area (Å²) in [6.45, 7) is 4.94. The van der Waals surface area contributed by atoms with Crippen molar-refractivity contribution in [3.05, 3.63) is 40.9 Å². The van der Waals surface area contributed by atoms with Crippen LogP contribution < -0.4 is 5.56 Å². The van der Waals surface area contributed by atoms with Crippen LogP contribution in [0.15, 0.2) is 35.4 Å². The third-order valence-electron chi connectivity index (χ3n) is 3.38. The Morgan fingerprint density at radius 3 is 2.74 bits per heavy atom. The average Bonchev–Trinajstić information content (AvgIpc) is 2.77. The zero-order valence-corrected chi connectivity index (χ0v) is 11.4. The van der Waals surface area contributed by atoms with Gasteiger partial charge in [0, 0.05) is 19.0 Å². The molecule has 98 valence electrons. The maximum Gasteiger partial charge on any atom is 0.279 e. The number of hydrogen-bond acceptors (Lipinski definition) is 2. The average molecular weight is 255 g/mol. The molecule has 0 atom stereocenters. The molecule has 0 saturated carbocycles. The molecule has 4 nitrogen and oxygen atoms in total. The summed E-state index contributed by atoms with van der Waals surface area (Å²) in [6.07, 6.45) is 1.71. The first-order chi connectivity index (χ1) is 9.09. The second-order valence-electron chi connectivity index (χ2n) is 5.38. The van der Waals surface area contributed by atoms with Gasteiger partial charge in [-0.3, -0.25) is 4.79 Å². The lowest BCUT2D eigenvalue weighted by Crippen LogP contribution is -2.23. The molecule has 2 heterocycles. The number of nitrogens with zero attached hydrogens (tertiary/aromatic N) is 3. The van der Waals surface area contributed by atoms with Gasteiger partial charge in [0.15, 0.2) is 5.52 Å². The van der Waals surface area contributed by atoms with Gasteiger partial charge in [-0.1, -0.05) is 32.0 Å². The lowest BCUT2D eigenvalue weighted by Gasteiger charge is -2.13. The van der Waals surface area contributed by atoms with Gasteiger partial charge in [0.2, 0.25) is 0 Å². The maximum absolute atomic E-state index is 12.6. The normalized spacial score (nSPS) is 11.8. The van der Waals surface area contributed by atoms with Crippen molar-refractivity contribution in [1.82, 2.24) is 14.1 Å². The molecule has 19 heavy (non-hydrogen) atoms. The van der Waals surface area contributed by atoms with E-state index >= 15 is 0 Å². The van der Waals surface area contributed by atoms with Crippen LogP contribution >= 0.6 is 0 Å². The number of rotatable bonds is 2. The molecule has 0 unspecified atom stereocenters. The molecule has 0 bridgehead atoms. The lowest BCUT2D eigenvalue weighted by molar-refractivity contribution is 0.525. The molecule has 2 aromatic heterocycles. The first-order valence-corrected chi connectivity index (χ1v) is 6.52. The Balaban J connectivity index is 2.53. The fraction of sp³-hybridized carbons (Fsp3) is 0.333. The van der Waals surface area contributed by atoms with Gasteiger partial charge in [0.25, 0.3) is 5.56 Å². The molecular formula is C15H17N3O. The lowest BCUT2D eigenvalue weighted by atomic mass is 10.1. The Bertz CT molecular complexity index is 811. The number of imidazole rings is 1. The Kier molecular flexibility index (Phi) is 2.66. The van der Waals surface area contributed by atoms with Crippen LogP contribution in [-0.2, 0) is 13.6 Å². The van der Waals surface area contributed by atoms with Gasteiger partial charge in [0.05, 0.1) is 17.4 Å². The van der Waals surface area contributed by atoms with E-state index in [1.54, 1.807) is 6.33 Å². The van der Waals surface area contributed by atoms with Gasteiger partial charge >= 0.3 is 0 Å². The number of fused-ring (bicyclic) bond motifs is 3. The molecule has 3 aromatic rings. The number of benzene rings is 1. The zero-order valence-electron chi connectivity index (χ0n) is 11.4. The number of hydrogen-bond donors (Lipinski definition) is 0. The van der Waals surface area contributed by atoms with Gasteiger partial charge in [-0.15, -0.1) is 0 Å². The van der Waals surface area contributed by atoms with Crippen LogP contribution in [0.1, 0.15) is 13.8 Å². The van der Waals surface area contributed by atoms with Gasteiger partial charge in [-0.2, -0.15) is 0 Å². The predicted molar refractivity (Wildman–Crippen MR) is 77.3 cm³/mol. The maximum atomic E-state index is 12.6. The van der Waals surface area contributed by atoms with Crippen molar-refractivity contribution in [2.24, 2.45) is 13.0 Å². The van der Waals surface area contributed by atoms with Crippen molar-refractivity contribution < 1.29 is 0 Å². The minimum absolute atomic E-state index is 0.00278. The first kappa shape index (κ1) is 12.0. The highest BCUT2D eigenvalue weighted by Crippen LogP contribution is 2.22. The number of para-hydroxylation sites is 1. The van der Waals surface area contributed by atoms with E-state index in [0.717, 1.165) is 16.4 Å². The highest BCUT2D eigenvalue weighted by molar-refractivity contribution is 6.02. The van der Waals surface area contributed by atoms with E-state index in [2.05, 4.69) is 24.9 Å². The molecule has 0 spiro atoms. The molecule has 1 aromatic carbocycles. The molecule has 3 rings (SSSR count). The van der Waals surface area contributed by atoms with E-state index in [1.165, 1.54) is 0 Å². The first-order valence-electron chi connectivity index (χ1n) is 6.52. The van der Waals surface area contributed by atoms with E-state index < -0.39 is 0 Å². The third-order valence-corrected chi connectivity index (χ3v) is 3.38. The standard InChI is InChI=1S/C15H17N3O/c1-10(2)8-18-12-7-5-4-6-11(12)14-13(15(18)19)16-9-17(14)3/h4-7,9-10H,8H2,1-3H3. The zero-order chi connectivity index (χ0) is 13.6. The van der Waals surface area contributed by atoms with Crippen LogP contribution in [0.3, 0.4) is 0 Å². The van der Waals surface area contributed by atoms with Crippen molar-refractivity contribution >= 4 is 21.9 Å². The summed E-state index contributed by atoms with van der Waals surface area (Å²) in [4.78, 5) is 16.8. The third kappa shape index (κ3) is 1.75. The van der Waals surface area contributed by atoms with E-state index in [-0.39, 0.29) is 5.56 Å². The highest BCUT2D eigenvalue weighted by Gasteiger charge is 2.14. The van der Waals surface area contributed by atoms with Crippen molar-refractivity contribution in [2.45, 2.75) is 20.4 Å². The molecule has 0 aliphatic rings. The summed E-state index contributed by atoms with van der Waals surface area (Å²) in [7, 11) is 1.92. The minimum Gasteiger partial charge on any atom is -0.333 e. The summed E-state index contributed by atoms with van der Waals surface area (Å²) in [5.74, 6) is 0.419. The van der Waals surface area contributed by atoms with Gasteiger partial charge in [0.1, 0.15) is 0 Å². The predicted octanol–water partition coefficient (Wildman–Crippen LogP) is 2.54.